The Morgan fingerprint density at radius 2 is 2.30 bits per heavy atom. The minimum atomic E-state index is -0.349. The minimum Gasteiger partial charge on any atom is -0.378 e. The van der Waals surface area contributed by atoms with E-state index in [0.29, 0.717) is 50.3 Å². The van der Waals surface area contributed by atoms with Crippen LogP contribution in [0, 0.1) is 6.92 Å². The van der Waals surface area contributed by atoms with Crippen molar-refractivity contribution in [2.45, 2.75) is 25.5 Å². The number of urea groups is 1. The predicted octanol–water partition coefficient (Wildman–Crippen LogP) is 1.93. The van der Waals surface area contributed by atoms with Crippen molar-refractivity contribution in [3.05, 3.63) is 40.8 Å². The summed E-state index contributed by atoms with van der Waals surface area (Å²) in [5.41, 5.74) is 1.38. The van der Waals surface area contributed by atoms with Gasteiger partial charge in [0, 0.05) is 37.4 Å². The first kappa shape index (κ1) is 18.2. The highest BCUT2D eigenvalue weighted by Gasteiger charge is 2.41. The van der Waals surface area contributed by atoms with Crippen LogP contribution in [0.25, 0.3) is 5.82 Å². The van der Waals surface area contributed by atoms with E-state index < -0.39 is 0 Å². The van der Waals surface area contributed by atoms with Crippen molar-refractivity contribution < 1.29 is 14.3 Å². The molecule has 27 heavy (non-hydrogen) atoms. The Labute approximate surface area is 162 Å². The van der Waals surface area contributed by atoms with Crippen molar-refractivity contribution in [3.63, 3.8) is 0 Å². The van der Waals surface area contributed by atoms with E-state index in [1.54, 1.807) is 22.0 Å². The van der Waals surface area contributed by atoms with Gasteiger partial charge in [-0.05, 0) is 13.0 Å². The molecular weight excluding hydrogens is 370 g/mol. The summed E-state index contributed by atoms with van der Waals surface area (Å²) in [5.74, 6) is 0.657. The Bertz CT molecular complexity index is 834. The first-order valence-electron chi connectivity index (χ1n) is 8.96. The topological polar surface area (TPSA) is 81.5 Å². The molecule has 2 aromatic heterocycles. The van der Waals surface area contributed by atoms with Gasteiger partial charge in [0.15, 0.2) is 5.82 Å². The van der Waals surface area contributed by atoms with Gasteiger partial charge in [-0.25, -0.2) is 14.5 Å². The average Bonchev–Trinajstić information content (AvgIpc) is 3.29. The van der Waals surface area contributed by atoms with Crippen LogP contribution >= 0.6 is 11.6 Å². The fourth-order valence-electron chi connectivity index (χ4n) is 3.45. The van der Waals surface area contributed by atoms with Gasteiger partial charge in [-0.1, -0.05) is 17.7 Å². The van der Waals surface area contributed by atoms with Crippen molar-refractivity contribution >= 4 is 17.6 Å². The first-order chi connectivity index (χ1) is 13.0. The van der Waals surface area contributed by atoms with Crippen LogP contribution in [0.1, 0.15) is 17.7 Å². The standard InChI is InChI=1S/C18H22ClN5O3/c1-13-2-3-14(16(22-13)24-10-15(19)9-21-24)8-20-17(25)23-5-7-27-18(11-23)4-6-26-12-18/h2-3,9-10H,4-8,11-12H2,1H3,(H,20,25)/t18-/m0/s1. The smallest absolute Gasteiger partial charge is 0.317 e. The highest BCUT2D eigenvalue weighted by Crippen LogP contribution is 2.27. The highest BCUT2D eigenvalue weighted by molar-refractivity contribution is 6.30. The van der Waals surface area contributed by atoms with Gasteiger partial charge in [0.2, 0.25) is 0 Å². The van der Waals surface area contributed by atoms with E-state index in [4.69, 9.17) is 21.1 Å². The summed E-state index contributed by atoms with van der Waals surface area (Å²) >= 11 is 5.98. The lowest BCUT2D eigenvalue weighted by Gasteiger charge is -2.39. The van der Waals surface area contributed by atoms with Gasteiger partial charge in [-0.2, -0.15) is 5.10 Å². The van der Waals surface area contributed by atoms with Crippen LogP contribution in [-0.4, -0.2) is 64.2 Å². The third-order valence-corrected chi connectivity index (χ3v) is 5.09. The molecule has 0 unspecified atom stereocenters. The summed E-state index contributed by atoms with van der Waals surface area (Å²) in [6, 6.07) is 3.74. The maximum absolute atomic E-state index is 12.7. The molecule has 0 bridgehead atoms. The van der Waals surface area contributed by atoms with Gasteiger partial charge >= 0.3 is 6.03 Å². The molecule has 0 radical (unpaired) electrons. The number of pyridine rings is 1. The molecule has 0 aliphatic carbocycles. The van der Waals surface area contributed by atoms with Gasteiger partial charge in [0.1, 0.15) is 5.60 Å². The molecule has 0 saturated carbocycles. The van der Waals surface area contributed by atoms with E-state index >= 15 is 0 Å². The fourth-order valence-corrected chi connectivity index (χ4v) is 3.59. The summed E-state index contributed by atoms with van der Waals surface area (Å²) in [6.07, 6.45) is 4.08. The van der Waals surface area contributed by atoms with Crippen molar-refractivity contribution in [3.8, 4) is 5.82 Å². The first-order valence-corrected chi connectivity index (χ1v) is 9.34. The molecule has 2 aromatic rings. The lowest BCUT2D eigenvalue weighted by Crippen LogP contribution is -2.56. The van der Waals surface area contributed by atoms with E-state index in [9.17, 15) is 4.79 Å². The number of carbonyl (C=O) groups excluding carboxylic acids is 1. The zero-order valence-electron chi connectivity index (χ0n) is 15.2. The number of rotatable bonds is 3. The van der Waals surface area contributed by atoms with Crippen LogP contribution in [-0.2, 0) is 16.0 Å². The monoisotopic (exact) mass is 391 g/mol. The van der Waals surface area contributed by atoms with E-state index in [1.165, 1.54) is 0 Å². The quantitative estimate of drug-likeness (QED) is 0.864. The van der Waals surface area contributed by atoms with Crippen LogP contribution < -0.4 is 5.32 Å². The summed E-state index contributed by atoms with van der Waals surface area (Å²) in [6.45, 7) is 5.13. The molecule has 8 nitrogen and oxygen atoms in total. The van der Waals surface area contributed by atoms with Crippen LogP contribution in [0.2, 0.25) is 5.02 Å². The Balaban J connectivity index is 1.45. The number of halogens is 1. The largest absolute Gasteiger partial charge is 0.378 e. The maximum atomic E-state index is 12.7. The number of aryl methyl sites for hydroxylation is 1. The normalized spacial score (nSPS) is 22.4. The highest BCUT2D eigenvalue weighted by atomic mass is 35.5. The number of ether oxygens (including phenoxy) is 2. The summed E-state index contributed by atoms with van der Waals surface area (Å²) in [4.78, 5) is 19.0. The maximum Gasteiger partial charge on any atom is 0.317 e. The van der Waals surface area contributed by atoms with Gasteiger partial charge in [-0.3, -0.25) is 0 Å². The minimum absolute atomic E-state index is 0.116. The van der Waals surface area contributed by atoms with E-state index in [2.05, 4.69) is 15.4 Å². The van der Waals surface area contributed by atoms with Crippen LogP contribution in [0.3, 0.4) is 0 Å². The zero-order valence-corrected chi connectivity index (χ0v) is 15.9. The molecule has 144 valence electrons. The Morgan fingerprint density at radius 3 is 3.04 bits per heavy atom. The molecular formula is C18H22ClN5O3. The Morgan fingerprint density at radius 1 is 1.41 bits per heavy atom. The second-order valence-corrected chi connectivity index (χ2v) is 7.39. The summed E-state index contributed by atoms with van der Waals surface area (Å²) in [7, 11) is 0. The van der Waals surface area contributed by atoms with Gasteiger partial charge < -0.3 is 19.7 Å². The second kappa shape index (κ2) is 7.46. The third kappa shape index (κ3) is 3.92. The number of hydrogen-bond acceptors (Lipinski definition) is 5. The third-order valence-electron chi connectivity index (χ3n) is 4.90. The SMILES string of the molecule is Cc1ccc(CNC(=O)N2CCO[C@@]3(CCOC3)C2)c(-n2cc(Cl)cn2)n1. The van der Waals surface area contributed by atoms with Crippen LogP contribution in [0.15, 0.2) is 24.5 Å². The van der Waals surface area contributed by atoms with Crippen molar-refractivity contribution in [1.82, 2.24) is 25.0 Å². The van der Waals surface area contributed by atoms with Gasteiger partial charge in [-0.15, -0.1) is 0 Å². The average molecular weight is 392 g/mol. The zero-order chi connectivity index (χ0) is 18.9. The molecule has 2 saturated heterocycles. The number of carbonyl (C=O) groups is 1. The van der Waals surface area contributed by atoms with E-state index in [0.717, 1.165) is 17.7 Å². The Kier molecular flexibility index (Phi) is 5.03. The summed E-state index contributed by atoms with van der Waals surface area (Å²) in [5, 5.41) is 7.74. The van der Waals surface area contributed by atoms with Crippen molar-refractivity contribution in [1.29, 1.82) is 0 Å². The number of hydrogen-bond donors (Lipinski definition) is 1. The molecule has 2 fully saturated rings. The molecule has 9 heteroatoms. The van der Waals surface area contributed by atoms with Crippen molar-refractivity contribution in [2.24, 2.45) is 0 Å². The number of nitrogens with one attached hydrogen (secondary N) is 1. The predicted molar refractivity (Wildman–Crippen MR) is 99.0 cm³/mol. The fraction of sp³-hybridized carbons (Fsp3) is 0.500. The lowest BCUT2D eigenvalue weighted by molar-refractivity contribution is -0.0975. The lowest BCUT2D eigenvalue weighted by atomic mass is 10.0. The number of aromatic nitrogens is 3. The Hall–Kier alpha value is -2.16. The van der Waals surface area contributed by atoms with E-state index in [-0.39, 0.29) is 11.6 Å². The number of amides is 2. The van der Waals surface area contributed by atoms with Gasteiger partial charge in [0.05, 0.1) is 37.2 Å². The molecule has 0 aromatic carbocycles. The molecule has 1 N–H and O–H groups in total. The van der Waals surface area contributed by atoms with Crippen LogP contribution in [0.4, 0.5) is 4.79 Å². The molecule has 2 amide bonds. The second-order valence-electron chi connectivity index (χ2n) is 6.95. The number of morpholine rings is 1. The van der Waals surface area contributed by atoms with Crippen LogP contribution in [0.5, 0.6) is 0 Å². The molecule has 4 rings (SSSR count). The molecule has 2 aliphatic heterocycles. The number of nitrogens with zero attached hydrogens (tertiary/aromatic N) is 4. The molecule has 1 atom stereocenters. The molecule has 2 aliphatic rings. The molecule has 4 heterocycles. The van der Waals surface area contributed by atoms with E-state index in [1.807, 2.05) is 19.1 Å². The molecule has 1 spiro atoms. The van der Waals surface area contributed by atoms with Crippen molar-refractivity contribution in [2.75, 3.05) is 32.9 Å². The van der Waals surface area contributed by atoms with Gasteiger partial charge in [0.25, 0.3) is 0 Å². The summed E-state index contributed by atoms with van der Waals surface area (Å²) < 4.78 is 13.0.